The third-order valence-corrected chi connectivity index (χ3v) is 2.46. The van der Waals surface area contributed by atoms with Crippen molar-refractivity contribution in [1.29, 1.82) is 0 Å². The van der Waals surface area contributed by atoms with Gasteiger partial charge in [-0.05, 0) is 5.57 Å². The SMILES string of the molecule is Nc1nc(N)c2ncn(C/C(=C\CO)CO)c2n1. The first-order chi connectivity index (χ1) is 8.65. The molecule has 0 bridgehead atoms. The van der Waals surface area contributed by atoms with Crippen LogP contribution in [0.15, 0.2) is 18.0 Å². The van der Waals surface area contributed by atoms with Crippen molar-refractivity contribution in [1.82, 2.24) is 19.5 Å². The molecule has 0 aromatic carbocycles. The number of fused-ring (bicyclic) bond motifs is 1. The Hall–Kier alpha value is -2.19. The molecule has 0 amide bonds. The van der Waals surface area contributed by atoms with Gasteiger partial charge in [-0.1, -0.05) is 6.08 Å². The summed E-state index contributed by atoms with van der Waals surface area (Å²) in [4.78, 5) is 12.0. The van der Waals surface area contributed by atoms with E-state index in [1.54, 1.807) is 4.57 Å². The van der Waals surface area contributed by atoms with Gasteiger partial charge in [0.05, 0.1) is 19.5 Å². The molecule has 2 aromatic heterocycles. The highest BCUT2D eigenvalue weighted by molar-refractivity contribution is 5.82. The Morgan fingerprint density at radius 3 is 2.78 bits per heavy atom. The molecule has 0 saturated heterocycles. The molecule has 2 rings (SSSR count). The van der Waals surface area contributed by atoms with Crippen molar-refractivity contribution in [2.24, 2.45) is 0 Å². The van der Waals surface area contributed by atoms with Crippen molar-refractivity contribution in [2.45, 2.75) is 6.54 Å². The van der Waals surface area contributed by atoms with Crippen LogP contribution in [0.1, 0.15) is 0 Å². The number of aromatic nitrogens is 4. The Morgan fingerprint density at radius 2 is 2.11 bits per heavy atom. The molecule has 2 aromatic rings. The zero-order valence-corrected chi connectivity index (χ0v) is 9.61. The molecule has 0 aliphatic carbocycles. The van der Waals surface area contributed by atoms with Crippen LogP contribution in [0, 0.1) is 0 Å². The van der Waals surface area contributed by atoms with E-state index < -0.39 is 0 Å². The normalized spacial score (nSPS) is 12.2. The van der Waals surface area contributed by atoms with Crippen LogP contribution in [0.3, 0.4) is 0 Å². The summed E-state index contributed by atoms with van der Waals surface area (Å²) in [5, 5.41) is 18.0. The Bertz CT molecular complexity index is 591. The molecule has 0 radical (unpaired) electrons. The molecule has 0 spiro atoms. The zero-order chi connectivity index (χ0) is 13.1. The number of hydrogen-bond acceptors (Lipinski definition) is 7. The minimum atomic E-state index is -0.156. The van der Waals surface area contributed by atoms with Gasteiger partial charge >= 0.3 is 0 Å². The maximum Gasteiger partial charge on any atom is 0.224 e. The van der Waals surface area contributed by atoms with Crippen LogP contribution in [-0.4, -0.2) is 42.9 Å². The summed E-state index contributed by atoms with van der Waals surface area (Å²) in [6.45, 7) is 0.0571. The molecular formula is C10H14N6O2. The van der Waals surface area contributed by atoms with Gasteiger partial charge in [0.1, 0.15) is 5.52 Å². The van der Waals surface area contributed by atoms with Gasteiger partial charge in [0.15, 0.2) is 11.5 Å². The molecule has 8 heteroatoms. The van der Waals surface area contributed by atoms with Crippen LogP contribution in [0.2, 0.25) is 0 Å². The van der Waals surface area contributed by atoms with Crippen molar-refractivity contribution in [3.63, 3.8) is 0 Å². The number of anilines is 2. The number of aliphatic hydroxyl groups is 2. The molecule has 0 unspecified atom stereocenters. The summed E-state index contributed by atoms with van der Waals surface area (Å²) >= 11 is 0. The average molecular weight is 250 g/mol. The van der Waals surface area contributed by atoms with Crippen LogP contribution >= 0.6 is 0 Å². The fraction of sp³-hybridized carbons (Fsp3) is 0.300. The lowest BCUT2D eigenvalue weighted by Gasteiger charge is -2.06. The highest BCUT2D eigenvalue weighted by Crippen LogP contribution is 2.17. The number of imidazole rings is 1. The van der Waals surface area contributed by atoms with E-state index in [0.717, 1.165) is 0 Å². The van der Waals surface area contributed by atoms with Gasteiger partial charge in [0.2, 0.25) is 5.95 Å². The third kappa shape index (κ3) is 2.24. The van der Waals surface area contributed by atoms with Crippen molar-refractivity contribution in [3.8, 4) is 0 Å². The minimum absolute atomic E-state index is 0.0680. The van der Waals surface area contributed by atoms with Gasteiger partial charge in [0.25, 0.3) is 0 Å². The van der Waals surface area contributed by atoms with Gasteiger partial charge in [-0.2, -0.15) is 9.97 Å². The first kappa shape index (κ1) is 12.3. The van der Waals surface area contributed by atoms with Gasteiger partial charge in [-0.25, -0.2) is 4.98 Å². The van der Waals surface area contributed by atoms with Crippen molar-refractivity contribution in [3.05, 3.63) is 18.0 Å². The molecule has 0 fully saturated rings. The topological polar surface area (TPSA) is 136 Å². The molecule has 0 saturated carbocycles. The van der Waals surface area contributed by atoms with Crippen LogP contribution in [0.4, 0.5) is 11.8 Å². The third-order valence-electron chi connectivity index (χ3n) is 2.46. The van der Waals surface area contributed by atoms with E-state index in [9.17, 15) is 0 Å². The molecule has 0 atom stereocenters. The summed E-state index contributed by atoms with van der Waals surface area (Å²) in [6.07, 6.45) is 3.07. The van der Waals surface area contributed by atoms with Crippen LogP contribution in [-0.2, 0) is 6.54 Å². The van der Waals surface area contributed by atoms with Crippen molar-refractivity contribution >= 4 is 22.9 Å². The Labute approximate surface area is 103 Å². The highest BCUT2D eigenvalue weighted by Gasteiger charge is 2.10. The van der Waals surface area contributed by atoms with Gasteiger partial charge in [-0.3, -0.25) is 0 Å². The lowest BCUT2D eigenvalue weighted by atomic mass is 10.2. The van der Waals surface area contributed by atoms with E-state index in [1.165, 1.54) is 12.4 Å². The second-order valence-electron chi connectivity index (χ2n) is 3.71. The number of rotatable bonds is 4. The first-order valence-corrected chi connectivity index (χ1v) is 5.29. The second kappa shape index (κ2) is 4.98. The van der Waals surface area contributed by atoms with E-state index in [1.807, 2.05) is 0 Å². The molecule has 18 heavy (non-hydrogen) atoms. The first-order valence-electron chi connectivity index (χ1n) is 5.29. The van der Waals surface area contributed by atoms with Crippen LogP contribution in [0.5, 0.6) is 0 Å². The van der Waals surface area contributed by atoms with Gasteiger partial charge in [-0.15, -0.1) is 0 Å². The summed E-state index contributed by atoms with van der Waals surface area (Å²) in [5.74, 6) is 0.284. The number of nitrogens with two attached hydrogens (primary N) is 2. The maximum atomic E-state index is 9.14. The van der Waals surface area contributed by atoms with E-state index >= 15 is 0 Å². The number of nitrogen functional groups attached to an aromatic ring is 2. The second-order valence-corrected chi connectivity index (χ2v) is 3.71. The van der Waals surface area contributed by atoms with E-state index in [-0.39, 0.29) is 25.0 Å². The van der Waals surface area contributed by atoms with E-state index in [0.29, 0.717) is 23.3 Å². The smallest absolute Gasteiger partial charge is 0.224 e. The molecule has 8 nitrogen and oxygen atoms in total. The molecule has 2 heterocycles. The van der Waals surface area contributed by atoms with E-state index in [4.69, 9.17) is 21.7 Å². The number of hydrogen-bond donors (Lipinski definition) is 4. The summed E-state index contributed by atoms with van der Waals surface area (Å²) in [5.41, 5.74) is 12.8. The maximum absolute atomic E-state index is 9.14. The Balaban J connectivity index is 2.43. The largest absolute Gasteiger partial charge is 0.392 e. The molecule has 96 valence electrons. The minimum Gasteiger partial charge on any atom is -0.392 e. The fourth-order valence-electron chi connectivity index (χ4n) is 1.63. The molecule has 6 N–H and O–H groups in total. The lowest BCUT2D eigenvalue weighted by Crippen LogP contribution is -2.07. The van der Waals surface area contributed by atoms with Crippen molar-refractivity contribution < 1.29 is 10.2 Å². The van der Waals surface area contributed by atoms with Crippen molar-refractivity contribution in [2.75, 3.05) is 24.7 Å². The predicted octanol–water partition coefficient (Wildman–Crippen LogP) is -1.10. The Morgan fingerprint density at radius 1 is 1.33 bits per heavy atom. The van der Waals surface area contributed by atoms with Gasteiger partial charge in [0, 0.05) is 6.54 Å². The van der Waals surface area contributed by atoms with E-state index in [2.05, 4.69) is 15.0 Å². The summed E-state index contributed by atoms with van der Waals surface area (Å²) < 4.78 is 1.68. The van der Waals surface area contributed by atoms with Gasteiger partial charge < -0.3 is 26.2 Å². The van der Waals surface area contributed by atoms with Crippen LogP contribution < -0.4 is 11.5 Å². The fourth-order valence-corrected chi connectivity index (χ4v) is 1.63. The summed E-state index contributed by atoms with van der Waals surface area (Å²) in [6, 6.07) is 0. The predicted molar refractivity (Wildman–Crippen MR) is 66.4 cm³/mol. The lowest BCUT2D eigenvalue weighted by molar-refractivity contribution is 0.313. The highest BCUT2D eigenvalue weighted by atomic mass is 16.3. The Kier molecular flexibility index (Phi) is 3.40. The molecule has 0 aliphatic heterocycles. The average Bonchev–Trinajstić information content (AvgIpc) is 2.72. The summed E-state index contributed by atoms with van der Waals surface area (Å²) in [7, 11) is 0. The standard InChI is InChI=1S/C10H14N6O2/c11-8-7-9(15-10(12)14-8)16(5-13-7)3-6(4-18)1-2-17/h1,5,17-18H,2-4H2,(H4,11,12,14,15)/b6-1+. The molecular weight excluding hydrogens is 236 g/mol. The zero-order valence-electron chi connectivity index (χ0n) is 9.61. The molecule has 0 aliphatic rings. The number of nitrogens with zero attached hydrogens (tertiary/aromatic N) is 4. The monoisotopic (exact) mass is 250 g/mol. The number of aliphatic hydroxyl groups excluding tert-OH is 2. The quantitative estimate of drug-likeness (QED) is 0.505. The van der Waals surface area contributed by atoms with Crippen LogP contribution in [0.25, 0.3) is 11.2 Å².